The zero-order chi connectivity index (χ0) is 10.9. The van der Waals surface area contributed by atoms with E-state index in [4.69, 9.17) is 10.8 Å². The largest absolute Gasteiger partial charge is 0.478 e. The van der Waals surface area contributed by atoms with Gasteiger partial charge in [-0.1, -0.05) is 0 Å². The Balaban J connectivity index is 3.43. The van der Waals surface area contributed by atoms with Crippen LogP contribution in [-0.2, 0) is 0 Å². The van der Waals surface area contributed by atoms with Gasteiger partial charge in [-0.2, -0.15) is 0 Å². The van der Waals surface area contributed by atoms with Crippen molar-refractivity contribution >= 4 is 11.9 Å². The molecule has 0 aromatic heterocycles. The van der Waals surface area contributed by atoms with Crippen LogP contribution < -0.4 is 5.73 Å². The Morgan fingerprint density at radius 1 is 1.29 bits per heavy atom. The van der Waals surface area contributed by atoms with Gasteiger partial charge in [-0.25, -0.2) is 4.79 Å². The molecule has 0 heterocycles. The van der Waals surface area contributed by atoms with Crippen LogP contribution in [0.5, 0.6) is 0 Å². The second-order valence-corrected chi connectivity index (χ2v) is 3.14. The molecule has 4 heteroatoms. The van der Waals surface area contributed by atoms with Crippen LogP contribution >= 0.6 is 0 Å². The van der Waals surface area contributed by atoms with Crippen molar-refractivity contribution < 1.29 is 14.7 Å². The predicted molar refractivity (Wildman–Crippen MR) is 51.4 cm³/mol. The molecule has 0 aliphatic carbocycles. The molecule has 0 saturated carbocycles. The molecular formula is C10H11NO3. The average Bonchev–Trinajstić information content (AvgIpc) is 2.08. The normalized spacial score (nSPS) is 9.86. The van der Waals surface area contributed by atoms with Crippen molar-refractivity contribution in [3.63, 3.8) is 0 Å². The van der Waals surface area contributed by atoms with Crippen LogP contribution in [0.1, 0.15) is 31.8 Å². The van der Waals surface area contributed by atoms with Gasteiger partial charge in [-0.05, 0) is 37.1 Å². The monoisotopic (exact) mass is 193 g/mol. The van der Waals surface area contributed by atoms with E-state index in [2.05, 4.69) is 0 Å². The molecule has 0 unspecified atom stereocenters. The number of carboxylic acid groups (broad SMARTS) is 1. The fourth-order valence-electron chi connectivity index (χ4n) is 1.22. The highest BCUT2D eigenvalue weighted by Crippen LogP contribution is 2.16. The molecule has 1 rings (SSSR count). The maximum atomic E-state index is 10.9. The summed E-state index contributed by atoms with van der Waals surface area (Å²) in [7, 11) is 0. The van der Waals surface area contributed by atoms with E-state index in [0.29, 0.717) is 5.56 Å². The number of carbonyl (C=O) groups is 2. The van der Waals surface area contributed by atoms with Crippen LogP contribution in [0.15, 0.2) is 12.1 Å². The van der Waals surface area contributed by atoms with E-state index >= 15 is 0 Å². The lowest BCUT2D eigenvalue weighted by atomic mass is 9.99. The Kier molecular flexibility index (Phi) is 2.56. The summed E-state index contributed by atoms with van der Waals surface area (Å²) in [5.74, 6) is -1.66. The van der Waals surface area contributed by atoms with Gasteiger partial charge in [0.05, 0.1) is 5.56 Å². The second kappa shape index (κ2) is 3.49. The topological polar surface area (TPSA) is 80.4 Å². The minimum absolute atomic E-state index is 0.124. The second-order valence-electron chi connectivity index (χ2n) is 3.14. The Labute approximate surface area is 81.3 Å². The van der Waals surface area contributed by atoms with Crippen LogP contribution in [0.2, 0.25) is 0 Å². The van der Waals surface area contributed by atoms with Gasteiger partial charge < -0.3 is 10.8 Å². The van der Waals surface area contributed by atoms with Crippen LogP contribution in [0.3, 0.4) is 0 Å². The molecule has 3 N–H and O–H groups in total. The van der Waals surface area contributed by atoms with Gasteiger partial charge in [0, 0.05) is 5.56 Å². The van der Waals surface area contributed by atoms with Crippen molar-refractivity contribution in [2.75, 3.05) is 0 Å². The highest BCUT2D eigenvalue weighted by atomic mass is 16.4. The van der Waals surface area contributed by atoms with Gasteiger partial charge in [-0.3, -0.25) is 4.79 Å². The fraction of sp³-hybridized carbons (Fsp3) is 0.200. The minimum Gasteiger partial charge on any atom is -0.478 e. The average molecular weight is 193 g/mol. The number of carbonyl (C=O) groups excluding carboxylic acids is 1. The summed E-state index contributed by atoms with van der Waals surface area (Å²) in [6, 6.07) is 2.89. The van der Waals surface area contributed by atoms with Gasteiger partial charge in [-0.15, -0.1) is 0 Å². The third-order valence-electron chi connectivity index (χ3n) is 2.18. The van der Waals surface area contributed by atoms with E-state index in [1.807, 2.05) is 0 Å². The number of nitrogens with two attached hydrogens (primary N) is 1. The quantitative estimate of drug-likeness (QED) is 0.738. The number of amides is 1. The van der Waals surface area contributed by atoms with E-state index in [1.165, 1.54) is 6.07 Å². The number of benzene rings is 1. The van der Waals surface area contributed by atoms with Crippen LogP contribution in [0.4, 0.5) is 0 Å². The highest BCUT2D eigenvalue weighted by Gasteiger charge is 2.12. The molecule has 1 amide bonds. The maximum Gasteiger partial charge on any atom is 0.335 e. The van der Waals surface area contributed by atoms with Crippen molar-refractivity contribution in [1.82, 2.24) is 0 Å². The first kappa shape index (κ1) is 10.2. The number of rotatable bonds is 2. The van der Waals surface area contributed by atoms with Gasteiger partial charge in [0.15, 0.2) is 0 Å². The van der Waals surface area contributed by atoms with E-state index in [9.17, 15) is 9.59 Å². The maximum absolute atomic E-state index is 10.9. The molecule has 0 fully saturated rings. The molecule has 4 nitrogen and oxygen atoms in total. The van der Waals surface area contributed by atoms with Crippen molar-refractivity contribution in [2.45, 2.75) is 13.8 Å². The number of hydrogen-bond donors (Lipinski definition) is 2. The Bertz CT molecular complexity index is 410. The number of aromatic carboxylic acids is 1. The van der Waals surface area contributed by atoms with Crippen molar-refractivity contribution in [1.29, 1.82) is 0 Å². The summed E-state index contributed by atoms with van der Waals surface area (Å²) in [4.78, 5) is 21.7. The molecule has 1 aromatic rings. The molecule has 1 aromatic carbocycles. The van der Waals surface area contributed by atoms with Crippen LogP contribution in [0, 0.1) is 13.8 Å². The first-order valence-corrected chi connectivity index (χ1v) is 4.08. The third kappa shape index (κ3) is 1.74. The lowest BCUT2D eigenvalue weighted by Gasteiger charge is -2.06. The van der Waals surface area contributed by atoms with E-state index in [0.717, 1.165) is 5.56 Å². The van der Waals surface area contributed by atoms with Crippen LogP contribution in [-0.4, -0.2) is 17.0 Å². The summed E-state index contributed by atoms with van der Waals surface area (Å²) in [6.07, 6.45) is 0. The van der Waals surface area contributed by atoms with E-state index in [-0.39, 0.29) is 11.1 Å². The molecular weight excluding hydrogens is 182 g/mol. The lowest BCUT2D eigenvalue weighted by molar-refractivity contribution is 0.0696. The minimum atomic E-state index is -1.05. The van der Waals surface area contributed by atoms with Gasteiger partial charge in [0.25, 0.3) is 0 Å². The van der Waals surface area contributed by atoms with Gasteiger partial charge in [0.1, 0.15) is 0 Å². The first-order valence-electron chi connectivity index (χ1n) is 4.08. The Hall–Kier alpha value is -1.84. The van der Waals surface area contributed by atoms with Crippen molar-refractivity contribution in [2.24, 2.45) is 5.73 Å². The van der Waals surface area contributed by atoms with E-state index in [1.54, 1.807) is 19.9 Å². The smallest absolute Gasteiger partial charge is 0.335 e. The summed E-state index contributed by atoms with van der Waals surface area (Å²) in [5, 5.41) is 8.84. The van der Waals surface area contributed by atoms with Gasteiger partial charge in [0.2, 0.25) is 5.91 Å². The molecule has 0 aliphatic heterocycles. The zero-order valence-electron chi connectivity index (χ0n) is 8.00. The van der Waals surface area contributed by atoms with Crippen LogP contribution in [0.25, 0.3) is 0 Å². The summed E-state index contributed by atoms with van der Waals surface area (Å²) < 4.78 is 0. The molecule has 74 valence electrons. The molecule has 0 saturated heterocycles. The number of aryl methyl sites for hydroxylation is 1. The molecule has 0 spiro atoms. The molecule has 0 aliphatic rings. The highest BCUT2D eigenvalue weighted by molar-refractivity contribution is 5.97. The van der Waals surface area contributed by atoms with Crippen molar-refractivity contribution in [3.05, 3.63) is 34.4 Å². The molecule has 0 atom stereocenters. The van der Waals surface area contributed by atoms with Gasteiger partial charge >= 0.3 is 5.97 Å². The summed E-state index contributed by atoms with van der Waals surface area (Å²) in [5.41, 5.74) is 6.82. The van der Waals surface area contributed by atoms with E-state index < -0.39 is 11.9 Å². The fourth-order valence-corrected chi connectivity index (χ4v) is 1.22. The zero-order valence-corrected chi connectivity index (χ0v) is 8.00. The summed E-state index contributed by atoms with van der Waals surface area (Å²) >= 11 is 0. The first-order chi connectivity index (χ1) is 6.43. The lowest BCUT2D eigenvalue weighted by Crippen LogP contribution is -2.13. The number of primary amides is 1. The molecule has 0 radical (unpaired) electrons. The molecule has 0 bridgehead atoms. The third-order valence-corrected chi connectivity index (χ3v) is 2.18. The number of hydrogen-bond acceptors (Lipinski definition) is 2. The Morgan fingerprint density at radius 3 is 2.29 bits per heavy atom. The van der Waals surface area contributed by atoms with Crippen molar-refractivity contribution in [3.8, 4) is 0 Å². The SMILES string of the molecule is Cc1cc(C(N)=O)cc(C(=O)O)c1C. The number of carboxylic acids is 1. The predicted octanol–water partition coefficient (Wildman–Crippen LogP) is 1.10. The Morgan fingerprint density at radius 2 is 1.86 bits per heavy atom. The molecule has 14 heavy (non-hydrogen) atoms. The standard InChI is InChI=1S/C10H11NO3/c1-5-3-7(9(11)12)4-8(6(5)2)10(13)14/h3-4H,1-2H3,(H2,11,12)(H,13,14). The summed E-state index contributed by atoms with van der Waals surface area (Å²) in [6.45, 7) is 3.44.